The summed E-state index contributed by atoms with van der Waals surface area (Å²) in [7, 11) is 1.63. The van der Waals surface area contributed by atoms with Crippen LogP contribution in [-0.2, 0) is 16.1 Å². The van der Waals surface area contributed by atoms with Gasteiger partial charge in [-0.25, -0.2) is 0 Å². The van der Waals surface area contributed by atoms with Gasteiger partial charge in [-0.05, 0) is 18.2 Å². The number of carbonyl (C=O) groups excluding carboxylic acids is 2. The fourth-order valence-corrected chi connectivity index (χ4v) is 3.90. The minimum atomic E-state index is -0.274. The summed E-state index contributed by atoms with van der Waals surface area (Å²) in [6.45, 7) is 3.59. The molecule has 2 aromatic rings. The van der Waals surface area contributed by atoms with Crippen molar-refractivity contribution in [2.24, 2.45) is 5.92 Å². The van der Waals surface area contributed by atoms with Crippen molar-refractivity contribution in [3.05, 3.63) is 42.6 Å². The topological polar surface area (TPSA) is 79.1 Å². The maximum atomic E-state index is 12.9. The van der Waals surface area contributed by atoms with Gasteiger partial charge in [0.15, 0.2) is 5.75 Å². The number of hydrogen-bond donors (Lipinski definition) is 0. The molecular weight excluding hydrogens is 360 g/mol. The first kappa shape index (κ1) is 18.3. The van der Waals surface area contributed by atoms with Crippen LogP contribution in [0, 0.1) is 5.92 Å². The number of nitrogens with zero attached hydrogens (tertiary/aromatic N) is 4. The molecule has 2 fully saturated rings. The Bertz CT molecular complexity index is 830. The normalized spacial score (nSPS) is 20.0. The molecule has 2 amide bonds. The molecule has 0 radical (unpaired) electrons. The summed E-state index contributed by atoms with van der Waals surface area (Å²) in [5.41, 5.74) is 0.991. The zero-order valence-corrected chi connectivity index (χ0v) is 15.9. The van der Waals surface area contributed by atoms with Crippen molar-refractivity contribution in [2.75, 3.05) is 44.7 Å². The zero-order chi connectivity index (χ0) is 19.5. The Hall–Kier alpha value is -3.03. The van der Waals surface area contributed by atoms with Crippen LogP contribution in [0.1, 0.15) is 12.2 Å². The molecule has 0 saturated carbocycles. The number of pyridine rings is 1. The zero-order valence-electron chi connectivity index (χ0n) is 15.9. The van der Waals surface area contributed by atoms with Crippen LogP contribution in [0.2, 0.25) is 0 Å². The molecule has 0 bridgehead atoms. The molecule has 1 atom stereocenters. The minimum Gasteiger partial charge on any atom is -0.493 e. The molecule has 4 rings (SSSR count). The highest BCUT2D eigenvalue weighted by atomic mass is 16.5. The Morgan fingerprint density at radius 3 is 2.82 bits per heavy atom. The van der Waals surface area contributed by atoms with Crippen molar-refractivity contribution >= 4 is 17.5 Å². The highest BCUT2D eigenvalue weighted by Gasteiger charge is 2.37. The number of carbonyl (C=O) groups is 2. The third kappa shape index (κ3) is 3.67. The standard InChI is InChI=1S/C20H24N4O4/c1-27-18-12-21-5-4-17(18)22-6-8-23(9-7-22)20(26)15-11-19(25)24(13-15)14-16-3-2-10-28-16/h2-5,10,12,15H,6-9,11,13-14H2,1H3. The second-order valence-electron chi connectivity index (χ2n) is 7.11. The smallest absolute Gasteiger partial charge is 0.228 e. The molecule has 2 aliphatic heterocycles. The molecule has 8 heteroatoms. The van der Waals surface area contributed by atoms with Crippen molar-refractivity contribution in [3.8, 4) is 5.75 Å². The average Bonchev–Trinajstić information content (AvgIpc) is 3.38. The number of piperazine rings is 1. The SMILES string of the molecule is COc1cnccc1N1CCN(C(=O)C2CC(=O)N(Cc3ccco3)C2)CC1. The lowest BCUT2D eigenvalue weighted by atomic mass is 10.1. The third-order valence-corrected chi connectivity index (χ3v) is 5.41. The largest absolute Gasteiger partial charge is 0.493 e. The molecular formula is C20H24N4O4. The lowest BCUT2D eigenvalue weighted by Crippen LogP contribution is -2.50. The minimum absolute atomic E-state index is 0.00917. The maximum Gasteiger partial charge on any atom is 0.228 e. The van der Waals surface area contributed by atoms with E-state index < -0.39 is 0 Å². The molecule has 0 spiro atoms. The lowest BCUT2D eigenvalue weighted by molar-refractivity contribution is -0.136. The summed E-state index contributed by atoms with van der Waals surface area (Å²) in [5, 5.41) is 0. The first-order valence-electron chi connectivity index (χ1n) is 9.47. The van der Waals surface area contributed by atoms with E-state index in [1.807, 2.05) is 17.0 Å². The van der Waals surface area contributed by atoms with Gasteiger partial charge in [0.25, 0.3) is 0 Å². The second kappa shape index (κ2) is 7.92. The Balaban J connectivity index is 1.33. The molecule has 4 heterocycles. The van der Waals surface area contributed by atoms with E-state index in [0.29, 0.717) is 26.2 Å². The molecule has 0 aromatic carbocycles. The highest BCUT2D eigenvalue weighted by Crippen LogP contribution is 2.28. The van der Waals surface area contributed by atoms with E-state index in [1.165, 1.54) is 0 Å². The highest BCUT2D eigenvalue weighted by molar-refractivity contribution is 5.89. The molecule has 2 saturated heterocycles. The molecule has 2 aromatic heterocycles. The molecule has 0 aliphatic carbocycles. The monoisotopic (exact) mass is 384 g/mol. The third-order valence-electron chi connectivity index (χ3n) is 5.41. The van der Waals surface area contributed by atoms with Crippen LogP contribution in [0.3, 0.4) is 0 Å². The molecule has 8 nitrogen and oxygen atoms in total. The number of methoxy groups -OCH3 is 1. The van der Waals surface area contributed by atoms with E-state index in [9.17, 15) is 9.59 Å². The van der Waals surface area contributed by atoms with Gasteiger partial charge in [-0.1, -0.05) is 0 Å². The van der Waals surface area contributed by atoms with Gasteiger partial charge in [0, 0.05) is 45.3 Å². The van der Waals surface area contributed by atoms with Crippen LogP contribution in [-0.4, -0.2) is 66.4 Å². The summed E-state index contributed by atoms with van der Waals surface area (Å²) >= 11 is 0. The van der Waals surface area contributed by atoms with Crippen LogP contribution in [0.4, 0.5) is 5.69 Å². The van der Waals surface area contributed by atoms with E-state index in [0.717, 1.165) is 30.3 Å². The van der Waals surface area contributed by atoms with Gasteiger partial charge < -0.3 is 23.9 Å². The first-order valence-corrected chi connectivity index (χ1v) is 9.47. The van der Waals surface area contributed by atoms with E-state index in [2.05, 4.69) is 9.88 Å². The number of amides is 2. The predicted octanol–water partition coefficient (Wildman–Crippen LogP) is 1.38. The van der Waals surface area contributed by atoms with Gasteiger partial charge in [-0.15, -0.1) is 0 Å². The molecule has 1 unspecified atom stereocenters. The number of anilines is 1. The van der Waals surface area contributed by atoms with E-state index in [1.54, 1.807) is 36.7 Å². The fourth-order valence-electron chi connectivity index (χ4n) is 3.90. The summed E-state index contributed by atoms with van der Waals surface area (Å²) < 4.78 is 10.7. The maximum absolute atomic E-state index is 12.9. The average molecular weight is 384 g/mol. The molecule has 28 heavy (non-hydrogen) atoms. The predicted molar refractivity (Wildman–Crippen MR) is 102 cm³/mol. The molecule has 148 valence electrons. The lowest BCUT2D eigenvalue weighted by Gasteiger charge is -2.37. The van der Waals surface area contributed by atoms with Crippen molar-refractivity contribution in [2.45, 2.75) is 13.0 Å². The van der Waals surface area contributed by atoms with Crippen molar-refractivity contribution in [1.82, 2.24) is 14.8 Å². The van der Waals surface area contributed by atoms with Crippen molar-refractivity contribution < 1.29 is 18.7 Å². The molecule has 2 aliphatic rings. The Kier molecular flexibility index (Phi) is 5.18. The Labute approximate surface area is 163 Å². The van der Waals surface area contributed by atoms with Crippen LogP contribution < -0.4 is 9.64 Å². The van der Waals surface area contributed by atoms with Gasteiger partial charge in [-0.2, -0.15) is 0 Å². The van der Waals surface area contributed by atoms with Crippen LogP contribution in [0.5, 0.6) is 5.75 Å². The number of likely N-dealkylation sites (tertiary alicyclic amines) is 1. The van der Waals surface area contributed by atoms with Gasteiger partial charge >= 0.3 is 0 Å². The summed E-state index contributed by atoms with van der Waals surface area (Å²) in [5.74, 6) is 1.27. The van der Waals surface area contributed by atoms with Gasteiger partial charge in [0.05, 0.1) is 37.7 Å². The number of hydrogen-bond acceptors (Lipinski definition) is 6. The van der Waals surface area contributed by atoms with Crippen LogP contribution >= 0.6 is 0 Å². The fraction of sp³-hybridized carbons (Fsp3) is 0.450. The quantitative estimate of drug-likeness (QED) is 0.775. The van der Waals surface area contributed by atoms with Crippen molar-refractivity contribution in [1.29, 1.82) is 0 Å². The second-order valence-corrected chi connectivity index (χ2v) is 7.11. The molecule has 0 N–H and O–H groups in total. The van der Waals surface area contributed by atoms with E-state index >= 15 is 0 Å². The number of aromatic nitrogens is 1. The summed E-state index contributed by atoms with van der Waals surface area (Å²) in [6, 6.07) is 5.57. The summed E-state index contributed by atoms with van der Waals surface area (Å²) in [4.78, 5) is 35.1. The summed E-state index contributed by atoms with van der Waals surface area (Å²) in [6.07, 6.45) is 5.31. The number of furan rings is 1. The Morgan fingerprint density at radius 2 is 2.11 bits per heavy atom. The van der Waals surface area contributed by atoms with Crippen LogP contribution in [0.15, 0.2) is 41.3 Å². The number of rotatable bonds is 5. The van der Waals surface area contributed by atoms with Gasteiger partial charge in [0.1, 0.15) is 5.76 Å². The van der Waals surface area contributed by atoms with Gasteiger partial charge in [0.2, 0.25) is 11.8 Å². The van der Waals surface area contributed by atoms with Crippen molar-refractivity contribution in [3.63, 3.8) is 0 Å². The van der Waals surface area contributed by atoms with Gasteiger partial charge in [-0.3, -0.25) is 14.6 Å². The first-order chi connectivity index (χ1) is 13.7. The van der Waals surface area contributed by atoms with Crippen LogP contribution in [0.25, 0.3) is 0 Å². The number of ether oxygens (including phenoxy) is 1. The Morgan fingerprint density at radius 1 is 1.29 bits per heavy atom. The van der Waals surface area contributed by atoms with E-state index in [-0.39, 0.29) is 24.2 Å². The van der Waals surface area contributed by atoms with E-state index in [4.69, 9.17) is 9.15 Å².